The molecule has 0 aromatic carbocycles. The van der Waals surface area contributed by atoms with Crippen LogP contribution in [0.1, 0.15) is 57.8 Å². The van der Waals surface area contributed by atoms with E-state index in [4.69, 9.17) is 4.74 Å². The van der Waals surface area contributed by atoms with Gasteiger partial charge in [-0.25, -0.2) is 4.79 Å². The van der Waals surface area contributed by atoms with Crippen molar-refractivity contribution in [2.75, 3.05) is 33.3 Å². The number of ether oxygens (including phenoxy) is 1. The van der Waals surface area contributed by atoms with Crippen molar-refractivity contribution in [1.82, 2.24) is 14.7 Å². The zero-order valence-corrected chi connectivity index (χ0v) is 16.1. The van der Waals surface area contributed by atoms with E-state index in [1.54, 1.807) is 0 Å². The number of hydrogen-bond donors (Lipinski definition) is 0. The Labute approximate surface area is 156 Å². The highest BCUT2D eigenvalue weighted by Gasteiger charge is 2.45. The third-order valence-corrected chi connectivity index (χ3v) is 7.01. The second kappa shape index (κ2) is 7.75. The lowest BCUT2D eigenvalue weighted by Crippen LogP contribution is -2.62. The van der Waals surface area contributed by atoms with Crippen LogP contribution in [-0.2, 0) is 9.53 Å². The third-order valence-electron chi connectivity index (χ3n) is 7.01. The molecule has 6 heteroatoms. The molecule has 4 rings (SSSR count). The normalized spacial score (nSPS) is 32.9. The average molecular weight is 364 g/mol. The number of amides is 2. The van der Waals surface area contributed by atoms with E-state index in [0.717, 1.165) is 58.3 Å². The molecule has 4 heterocycles. The van der Waals surface area contributed by atoms with Gasteiger partial charge in [-0.1, -0.05) is 0 Å². The quantitative estimate of drug-likeness (QED) is 0.773. The van der Waals surface area contributed by atoms with E-state index in [2.05, 4.69) is 9.80 Å². The number of methoxy groups -OCH3 is 1. The van der Waals surface area contributed by atoms with E-state index in [1.807, 2.05) is 4.90 Å². The SMILES string of the molecule is COC(=O)N1C2CCCC1CC(N1CC(CC(=O)N3CCCCC3)C1)C2. The number of carbonyl (C=O) groups excluding carboxylic acids is 2. The summed E-state index contributed by atoms with van der Waals surface area (Å²) in [5.41, 5.74) is 0. The highest BCUT2D eigenvalue weighted by atomic mass is 16.5. The molecule has 4 fully saturated rings. The Hall–Kier alpha value is -1.30. The predicted molar refractivity (Wildman–Crippen MR) is 98.8 cm³/mol. The molecule has 6 nitrogen and oxygen atoms in total. The summed E-state index contributed by atoms with van der Waals surface area (Å²) in [6, 6.07) is 1.26. The fourth-order valence-corrected chi connectivity index (χ4v) is 5.61. The van der Waals surface area contributed by atoms with E-state index >= 15 is 0 Å². The minimum Gasteiger partial charge on any atom is -0.453 e. The summed E-state index contributed by atoms with van der Waals surface area (Å²) in [6.07, 6.45) is 9.76. The minimum absolute atomic E-state index is 0.147. The van der Waals surface area contributed by atoms with Crippen LogP contribution in [0.15, 0.2) is 0 Å². The van der Waals surface area contributed by atoms with Crippen molar-refractivity contribution in [3.63, 3.8) is 0 Å². The third kappa shape index (κ3) is 3.57. The molecule has 2 amide bonds. The molecule has 26 heavy (non-hydrogen) atoms. The molecular weight excluding hydrogens is 330 g/mol. The Morgan fingerprint density at radius 2 is 1.58 bits per heavy atom. The Kier molecular flexibility index (Phi) is 5.39. The average Bonchev–Trinajstić information content (AvgIpc) is 2.63. The number of nitrogens with zero attached hydrogens (tertiary/aromatic N) is 3. The van der Waals surface area contributed by atoms with Crippen LogP contribution in [0.4, 0.5) is 4.79 Å². The molecule has 4 saturated heterocycles. The van der Waals surface area contributed by atoms with Crippen LogP contribution in [0.3, 0.4) is 0 Å². The lowest BCUT2D eigenvalue weighted by atomic mass is 9.79. The van der Waals surface area contributed by atoms with Crippen LogP contribution in [0.25, 0.3) is 0 Å². The van der Waals surface area contributed by atoms with Gasteiger partial charge < -0.3 is 14.5 Å². The van der Waals surface area contributed by atoms with Crippen molar-refractivity contribution in [3.05, 3.63) is 0 Å². The van der Waals surface area contributed by atoms with Gasteiger partial charge >= 0.3 is 6.09 Å². The van der Waals surface area contributed by atoms with Gasteiger partial charge in [0.1, 0.15) is 0 Å². The molecule has 2 atom stereocenters. The Balaban J connectivity index is 1.26. The molecule has 0 radical (unpaired) electrons. The number of piperidine rings is 3. The van der Waals surface area contributed by atoms with E-state index in [9.17, 15) is 9.59 Å². The molecule has 0 spiro atoms. The smallest absolute Gasteiger partial charge is 0.409 e. The van der Waals surface area contributed by atoms with Gasteiger partial charge in [0.05, 0.1) is 7.11 Å². The number of carbonyl (C=O) groups is 2. The van der Waals surface area contributed by atoms with Crippen LogP contribution in [0, 0.1) is 5.92 Å². The molecule has 4 aliphatic heterocycles. The Bertz CT molecular complexity index is 514. The number of fused-ring (bicyclic) bond motifs is 2. The summed E-state index contributed by atoms with van der Waals surface area (Å²) >= 11 is 0. The largest absolute Gasteiger partial charge is 0.453 e. The van der Waals surface area contributed by atoms with E-state index in [1.165, 1.54) is 32.8 Å². The van der Waals surface area contributed by atoms with Gasteiger partial charge in [0.2, 0.25) is 5.91 Å². The van der Waals surface area contributed by atoms with Crippen molar-refractivity contribution in [2.45, 2.75) is 75.9 Å². The number of rotatable bonds is 3. The lowest BCUT2D eigenvalue weighted by Gasteiger charge is -2.53. The van der Waals surface area contributed by atoms with Gasteiger partial charge in [-0.2, -0.15) is 0 Å². The second-order valence-electron chi connectivity index (χ2n) is 8.71. The van der Waals surface area contributed by atoms with Gasteiger partial charge in [0.25, 0.3) is 0 Å². The predicted octanol–water partition coefficient (Wildman–Crippen LogP) is 2.47. The minimum atomic E-state index is -0.147. The number of hydrogen-bond acceptors (Lipinski definition) is 4. The first-order chi connectivity index (χ1) is 12.7. The first-order valence-corrected chi connectivity index (χ1v) is 10.5. The summed E-state index contributed by atoms with van der Waals surface area (Å²) in [5, 5.41) is 0. The zero-order chi connectivity index (χ0) is 18.1. The first kappa shape index (κ1) is 18.1. The molecular formula is C20H33N3O3. The topological polar surface area (TPSA) is 53.1 Å². The van der Waals surface area contributed by atoms with Gasteiger partial charge in [0.15, 0.2) is 0 Å². The monoisotopic (exact) mass is 363 g/mol. The van der Waals surface area contributed by atoms with Gasteiger partial charge in [-0.15, -0.1) is 0 Å². The van der Waals surface area contributed by atoms with Crippen LogP contribution in [0.5, 0.6) is 0 Å². The maximum Gasteiger partial charge on any atom is 0.409 e. The van der Waals surface area contributed by atoms with Crippen molar-refractivity contribution < 1.29 is 14.3 Å². The van der Waals surface area contributed by atoms with E-state index in [-0.39, 0.29) is 6.09 Å². The molecule has 2 bridgehead atoms. The summed E-state index contributed by atoms with van der Waals surface area (Å²) in [5.74, 6) is 0.898. The number of likely N-dealkylation sites (tertiary alicyclic amines) is 2. The summed E-state index contributed by atoms with van der Waals surface area (Å²) in [4.78, 5) is 31.2. The summed E-state index contributed by atoms with van der Waals surface area (Å²) in [7, 11) is 1.49. The fourth-order valence-electron chi connectivity index (χ4n) is 5.61. The van der Waals surface area contributed by atoms with Crippen molar-refractivity contribution in [3.8, 4) is 0 Å². The molecule has 146 valence electrons. The maximum absolute atomic E-state index is 12.4. The van der Waals surface area contributed by atoms with Gasteiger partial charge in [-0.05, 0) is 57.3 Å². The zero-order valence-electron chi connectivity index (χ0n) is 16.1. The molecule has 2 unspecified atom stereocenters. The first-order valence-electron chi connectivity index (χ1n) is 10.5. The van der Waals surface area contributed by atoms with Crippen LogP contribution < -0.4 is 0 Å². The molecule has 0 N–H and O–H groups in total. The molecule has 0 aromatic heterocycles. The molecule has 4 aliphatic rings. The molecule has 0 saturated carbocycles. The summed E-state index contributed by atoms with van der Waals surface area (Å²) < 4.78 is 5.01. The Morgan fingerprint density at radius 1 is 0.923 bits per heavy atom. The highest BCUT2D eigenvalue weighted by Crippen LogP contribution is 2.38. The van der Waals surface area contributed by atoms with Crippen molar-refractivity contribution in [1.29, 1.82) is 0 Å². The standard InChI is InChI=1S/C20H33N3O3/c1-26-20(25)23-16-6-5-7-17(23)12-18(11-16)22-13-15(14-22)10-19(24)21-8-3-2-4-9-21/h15-18H,2-14H2,1H3. The Morgan fingerprint density at radius 3 is 2.19 bits per heavy atom. The van der Waals surface area contributed by atoms with E-state index < -0.39 is 0 Å². The van der Waals surface area contributed by atoms with Gasteiger partial charge in [-0.3, -0.25) is 9.69 Å². The van der Waals surface area contributed by atoms with Crippen molar-refractivity contribution >= 4 is 12.0 Å². The maximum atomic E-state index is 12.4. The summed E-state index contributed by atoms with van der Waals surface area (Å²) in [6.45, 7) is 4.04. The fraction of sp³-hybridized carbons (Fsp3) is 0.900. The molecule has 0 aliphatic carbocycles. The van der Waals surface area contributed by atoms with Crippen molar-refractivity contribution in [2.24, 2.45) is 5.92 Å². The highest BCUT2D eigenvalue weighted by molar-refractivity contribution is 5.76. The van der Waals surface area contributed by atoms with Crippen LogP contribution in [0.2, 0.25) is 0 Å². The second-order valence-corrected chi connectivity index (χ2v) is 8.71. The molecule has 0 aromatic rings. The van der Waals surface area contributed by atoms with Crippen LogP contribution in [-0.4, -0.2) is 78.1 Å². The van der Waals surface area contributed by atoms with E-state index in [0.29, 0.717) is 30.0 Å². The van der Waals surface area contributed by atoms with Crippen LogP contribution >= 0.6 is 0 Å². The lowest BCUT2D eigenvalue weighted by molar-refractivity contribution is -0.135. The van der Waals surface area contributed by atoms with Gasteiger partial charge in [0, 0.05) is 50.7 Å².